The predicted octanol–water partition coefficient (Wildman–Crippen LogP) is 10.7. The third-order valence-electron chi connectivity index (χ3n) is 14.9. The second-order valence-electron chi connectivity index (χ2n) is 20.9. The molecule has 0 spiro atoms. The molecule has 0 aromatic heterocycles. The van der Waals surface area contributed by atoms with Crippen LogP contribution in [0.1, 0.15) is 52.3 Å². The number of hydrogen-bond acceptors (Lipinski definition) is 14. The zero-order valence-corrected chi connectivity index (χ0v) is 46.6. The van der Waals surface area contributed by atoms with Crippen LogP contribution in [0, 0.1) is 0 Å². The first kappa shape index (κ1) is 59.2. The molecule has 10 rings (SSSR count). The van der Waals surface area contributed by atoms with Gasteiger partial charge in [-0.1, -0.05) is 212 Å². The molecule has 1 N–H and O–H groups in total. The van der Waals surface area contributed by atoms with Crippen LogP contribution in [0.15, 0.2) is 212 Å². The van der Waals surface area contributed by atoms with Gasteiger partial charge in [-0.25, -0.2) is 0 Å². The molecule has 0 saturated carbocycles. The van der Waals surface area contributed by atoms with Crippen LogP contribution >= 0.6 is 0 Å². The summed E-state index contributed by atoms with van der Waals surface area (Å²) in [7, 11) is 1.58. The highest BCUT2D eigenvalue weighted by Crippen LogP contribution is 2.37. The first-order chi connectivity index (χ1) is 40.4. The van der Waals surface area contributed by atoms with Gasteiger partial charge in [-0.15, -0.1) is 0 Å². The first-order valence-corrected chi connectivity index (χ1v) is 28.4. The van der Waals surface area contributed by atoms with E-state index in [0.717, 1.165) is 38.9 Å². The molecule has 14 heteroatoms. The van der Waals surface area contributed by atoms with Crippen LogP contribution in [0.3, 0.4) is 0 Å². The molecule has 14 nitrogen and oxygen atoms in total. The Morgan fingerprint density at radius 1 is 0.366 bits per heavy atom. The molecular formula is C68H76O14. The maximum Gasteiger partial charge on any atom is 0.187 e. The number of methoxy groups -OCH3 is 1. The van der Waals surface area contributed by atoms with Crippen LogP contribution in [-0.2, 0) is 108 Å². The summed E-state index contributed by atoms with van der Waals surface area (Å²) in [6.45, 7) is 3.83. The lowest BCUT2D eigenvalue weighted by molar-refractivity contribution is -0.382. The summed E-state index contributed by atoms with van der Waals surface area (Å²) in [4.78, 5) is 0. The van der Waals surface area contributed by atoms with E-state index in [1.165, 1.54) is 0 Å². The molecule has 0 aliphatic carbocycles. The van der Waals surface area contributed by atoms with Gasteiger partial charge in [0.25, 0.3) is 0 Å². The van der Waals surface area contributed by atoms with Crippen molar-refractivity contribution < 1.29 is 66.7 Å². The minimum Gasteiger partial charge on any atom is -0.387 e. The molecular weight excluding hydrogens is 1040 g/mol. The van der Waals surface area contributed by atoms with Crippen LogP contribution in [0.25, 0.3) is 0 Å². The maximum atomic E-state index is 13.2. The van der Waals surface area contributed by atoms with Crippen LogP contribution in [0.4, 0.5) is 0 Å². The highest BCUT2D eigenvalue weighted by molar-refractivity contribution is 5.19. The maximum absolute atomic E-state index is 13.2. The summed E-state index contributed by atoms with van der Waals surface area (Å²) in [6.07, 6.45) is -12.2. The van der Waals surface area contributed by atoms with Gasteiger partial charge in [-0.05, 0) is 45.9 Å². The standard InChI is InChI=1S/C68H76O14/c1-48-61(74-42-52-30-16-6-17-31-52)56(73-41-51-28-14-5-15-29-51)38-59(78-48)81-62-57(46-71-39-49-24-10-3-11-25-49)80-68(64(60(62)69)75-43-53-32-18-7-19-33-53)82-63-58(47-72-40-50-26-12-4-13-27-50)79-67(70-2)66(77-45-55-36-22-9-23-37-55)65(63)76-44-54-34-20-8-21-35-54/h3-37,48,56-69H,38-47H2,1-2H3/t48-,56-,57+,58+,59-,60-,61+,62-,63+,64+,65-,66+,67-,68-/m0/s1. The van der Waals surface area contributed by atoms with Crippen molar-refractivity contribution in [3.05, 3.63) is 251 Å². The van der Waals surface area contributed by atoms with E-state index in [-0.39, 0.29) is 46.1 Å². The average molecular weight is 1120 g/mol. The first-order valence-electron chi connectivity index (χ1n) is 28.4. The molecule has 7 aromatic rings. The lowest BCUT2D eigenvalue weighted by atomic mass is 9.95. The molecule has 0 radical (unpaired) electrons. The minimum atomic E-state index is -1.37. The van der Waals surface area contributed by atoms with Gasteiger partial charge in [0.2, 0.25) is 0 Å². The average Bonchev–Trinajstić information content (AvgIpc) is 3.24. The normalized spacial score (nSPS) is 27.5. The lowest BCUT2D eigenvalue weighted by Gasteiger charge is -2.50. The summed E-state index contributed by atoms with van der Waals surface area (Å²) in [6, 6.07) is 69.4. The van der Waals surface area contributed by atoms with Crippen LogP contribution in [-0.4, -0.2) is 111 Å². The summed E-state index contributed by atoms with van der Waals surface area (Å²) < 4.78 is 88.2. The van der Waals surface area contributed by atoms with E-state index >= 15 is 0 Å². The Balaban J connectivity index is 0.977. The fraction of sp³-hybridized carbons (Fsp3) is 0.382. The third-order valence-corrected chi connectivity index (χ3v) is 14.9. The molecule has 7 aromatic carbocycles. The van der Waals surface area contributed by atoms with Crippen molar-refractivity contribution in [2.45, 2.75) is 146 Å². The zero-order chi connectivity index (χ0) is 56.1. The fourth-order valence-corrected chi connectivity index (χ4v) is 10.6. The summed E-state index contributed by atoms with van der Waals surface area (Å²) in [5.41, 5.74) is 6.75. The van der Waals surface area contributed by atoms with E-state index < -0.39 is 86.0 Å². The summed E-state index contributed by atoms with van der Waals surface area (Å²) >= 11 is 0. The van der Waals surface area contributed by atoms with Crippen molar-refractivity contribution in [3.63, 3.8) is 0 Å². The molecule has 432 valence electrons. The van der Waals surface area contributed by atoms with Gasteiger partial charge >= 0.3 is 0 Å². The predicted molar refractivity (Wildman–Crippen MR) is 306 cm³/mol. The molecule has 3 aliphatic heterocycles. The number of hydrogen-bond donors (Lipinski definition) is 1. The zero-order valence-electron chi connectivity index (χ0n) is 46.6. The number of rotatable bonds is 28. The topological polar surface area (TPSA) is 140 Å². The largest absolute Gasteiger partial charge is 0.387 e. The van der Waals surface area contributed by atoms with E-state index in [9.17, 15) is 5.11 Å². The molecule has 0 bridgehead atoms. The second kappa shape index (κ2) is 31.0. The Labute approximate surface area is 482 Å². The quantitative estimate of drug-likeness (QED) is 0.0497. The Morgan fingerprint density at radius 3 is 1.15 bits per heavy atom. The van der Waals surface area contributed by atoms with E-state index in [1.807, 2.05) is 219 Å². The van der Waals surface area contributed by atoms with E-state index in [4.69, 9.17) is 61.6 Å². The Bertz CT molecular complexity index is 2840. The summed E-state index contributed by atoms with van der Waals surface area (Å²) in [5, 5.41) is 13.2. The van der Waals surface area contributed by atoms with Gasteiger partial charge in [0, 0.05) is 13.5 Å². The van der Waals surface area contributed by atoms with Gasteiger partial charge in [-0.2, -0.15) is 0 Å². The molecule has 0 amide bonds. The fourth-order valence-electron chi connectivity index (χ4n) is 10.6. The number of ether oxygens (including phenoxy) is 13. The van der Waals surface area contributed by atoms with Crippen molar-refractivity contribution in [3.8, 4) is 0 Å². The van der Waals surface area contributed by atoms with E-state index in [1.54, 1.807) is 7.11 Å². The van der Waals surface area contributed by atoms with Crippen molar-refractivity contribution >= 4 is 0 Å². The highest BCUT2D eigenvalue weighted by atomic mass is 16.8. The third kappa shape index (κ3) is 16.8. The monoisotopic (exact) mass is 1120 g/mol. The van der Waals surface area contributed by atoms with Gasteiger partial charge in [0.1, 0.15) is 54.9 Å². The van der Waals surface area contributed by atoms with Gasteiger partial charge < -0.3 is 66.7 Å². The molecule has 14 atom stereocenters. The van der Waals surface area contributed by atoms with Gasteiger partial charge in [0.05, 0.1) is 71.7 Å². The number of aliphatic hydroxyl groups is 1. The molecule has 3 heterocycles. The lowest BCUT2D eigenvalue weighted by Crippen LogP contribution is -2.66. The molecule has 0 unspecified atom stereocenters. The Kier molecular flexibility index (Phi) is 22.4. The molecule has 3 aliphatic rings. The smallest absolute Gasteiger partial charge is 0.187 e. The van der Waals surface area contributed by atoms with E-state index in [0.29, 0.717) is 19.8 Å². The molecule has 3 saturated heterocycles. The second-order valence-corrected chi connectivity index (χ2v) is 20.9. The Hall–Kier alpha value is -6.02. The van der Waals surface area contributed by atoms with Gasteiger partial charge in [0.15, 0.2) is 18.9 Å². The molecule has 82 heavy (non-hydrogen) atoms. The van der Waals surface area contributed by atoms with Crippen molar-refractivity contribution in [1.29, 1.82) is 0 Å². The van der Waals surface area contributed by atoms with Crippen molar-refractivity contribution in [1.82, 2.24) is 0 Å². The SMILES string of the molecule is CO[C@H]1O[C@H](COCc2ccccc2)[C@@H](O[C@@H]2O[C@H](COCc3ccccc3)[C@H](O[C@H]3C[C@H](OCc4ccccc4)[C@H](OCc4ccccc4)[C@H](C)O3)[C@H](O)[C@H]2OCc2ccccc2)[C@H](OCc2ccccc2)[C@H]1OCc1ccccc1. The highest BCUT2D eigenvalue weighted by Gasteiger charge is 2.55. The van der Waals surface area contributed by atoms with Gasteiger partial charge in [-0.3, -0.25) is 0 Å². The molecule has 3 fully saturated rings. The number of aliphatic hydroxyl groups excluding tert-OH is 1. The van der Waals surface area contributed by atoms with Crippen molar-refractivity contribution in [2.75, 3.05) is 20.3 Å². The van der Waals surface area contributed by atoms with Crippen LogP contribution in [0.5, 0.6) is 0 Å². The van der Waals surface area contributed by atoms with E-state index in [2.05, 4.69) is 0 Å². The van der Waals surface area contributed by atoms with Crippen molar-refractivity contribution in [2.24, 2.45) is 0 Å². The van der Waals surface area contributed by atoms with Crippen LogP contribution < -0.4 is 0 Å². The Morgan fingerprint density at radius 2 is 0.720 bits per heavy atom. The number of benzene rings is 7. The van der Waals surface area contributed by atoms with Crippen LogP contribution in [0.2, 0.25) is 0 Å². The summed E-state index contributed by atoms with van der Waals surface area (Å²) in [5.74, 6) is 0. The minimum absolute atomic E-state index is 0.00577.